The highest BCUT2D eigenvalue weighted by molar-refractivity contribution is 7.00. The molecule has 0 radical (unpaired) electrons. The predicted octanol–water partition coefficient (Wildman–Crippen LogP) is 7.48. The molecule has 3 aliphatic heterocycles. The summed E-state index contributed by atoms with van der Waals surface area (Å²) >= 11 is 0. The Hall–Kier alpha value is -3.66. The fourth-order valence-corrected chi connectivity index (χ4v) is 5.97. The van der Waals surface area contributed by atoms with E-state index in [9.17, 15) is 0 Å². The summed E-state index contributed by atoms with van der Waals surface area (Å²) in [4.78, 5) is 2.42. The first-order valence-electron chi connectivity index (χ1n) is 13.2. The first-order chi connectivity index (χ1) is 17.5. The van der Waals surface area contributed by atoms with Crippen molar-refractivity contribution in [2.45, 2.75) is 55.4 Å². The number of nitrogens with zero attached hydrogens (tertiary/aromatic N) is 1. The van der Waals surface area contributed by atoms with Crippen molar-refractivity contribution in [1.82, 2.24) is 0 Å². The van der Waals surface area contributed by atoms with Crippen molar-refractivity contribution in [1.29, 1.82) is 0 Å². The molecule has 182 valence electrons. The first-order valence-corrected chi connectivity index (χ1v) is 13.2. The monoisotopic (exact) mass is 475 g/mol. The molecule has 0 amide bonds. The van der Waals surface area contributed by atoms with Crippen molar-refractivity contribution in [3.63, 3.8) is 0 Å². The van der Waals surface area contributed by atoms with Crippen LogP contribution in [0.4, 0.5) is 17.1 Å². The molecule has 0 aromatic heterocycles. The second kappa shape index (κ2) is 9.09. The van der Waals surface area contributed by atoms with Gasteiger partial charge in [0.1, 0.15) is 23.0 Å². The number of rotatable bonds is 1. The molecular weight excluding hydrogens is 441 g/mol. The van der Waals surface area contributed by atoms with E-state index in [2.05, 4.69) is 87.2 Å². The van der Waals surface area contributed by atoms with Gasteiger partial charge in [0.05, 0.1) is 0 Å². The summed E-state index contributed by atoms with van der Waals surface area (Å²) in [6.45, 7) is 16.8. The zero-order valence-electron chi connectivity index (χ0n) is 22.6. The molecule has 4 aromatic carbocycles. The van der Waals surface area contributed by atoms with Gasteiger partial charge in [-0.25, -0.2) is 0 Å². The second-order valence-corrected chi connectivity index (χ2v) is 9.18. The second-order valence-electron chi connectivity index (χ2n) is 9.18. The van der Waals surface area contributed by atoms with E-state index in [4.69, 9.17) is 9.47 Å². The minimum atomic E-state index is 0.107. The lowest BCUT2D eigenvalue weighted by molar-refractivity contribution is 0.460. The molecule has 4 aromatic rings. The smallest absolute Gasteiger partial charge is 0.266 e. The van der Waals surface area contributed by atoms with Gasteiger partial charge in [0.15, 0.2) is 0 Å². The maximum absolute atomic E-state index is 6.57. The molecule has 7 rings (SSSR count). The van der Waals surface area contributed by atoms with Crippen LogP contribution in [0.25, 0.3) is 0 Å². The van der Waals surface area contributed by atoms with Crippen LogP contribution in [-0.2, 0) is 0 Å². The molecule has 0 saturated carbocycles. The van der Waals surface area contributed by atoms with Crippen molar-refractivity contribution >= 4 is 40.2 Å². The lowest BCUT2D eigenvalue weighted by Gasteiger charge is -2.45. The molecule has 0 unspecified atom stereocenters. The van der Waals surface area contributed by atoms with Crippen LogP contribution < -0.4 is 30.8 Å². The van der Waals surface area contributed by atoms with Crippen molar-refractivity contribution in [3.05, 3.63) is 82.9 Å². The van der Waals surface area contributed by atoms with Gasteiger partial charge in [0.25, 0.3) is 6.71 Å². The Kier molecular flexibility index (Phi) is 6.08. The number of anilines is 3. The maximum Gasteiger partial charge on any atom is 0.266 e. The third kappa shape index (κ3) is 3.20. The van der Waals surface area contributed by atoms with Crippen LogP contribution in [-0.4, -0.2) is 6.71 Å². The molecule has 3 nitrogen and oxygen atoms in total. The van der Waals surface area contributed by atoms with Gasteiger partial charge in [-0.3, -0.25) is 0 Å². The van der Waals surface area contributed by atoms with Crippen LogP contribution in [0.2, 0.25) is 0 Å². The molecule has 4 heteroatoms. The topological polar surface area (TPSA) is 21.7 Å². The Morgan fingerprint density at radius 1 is 0.556 bits per heavy atom. The largest absolute Gasteiger partial charge is 0.458 e. The highest BCUT2D eigenvalue weighted by Gasteiger charge is 2.49. The first kappa shape index (κ1) is 24.1. The lowest BCUT2D eigenvalue weighted by atomic mass is 9.32. The van der Waals surface area contributed by atoms with E-state index in [1.807, 2.05) is 33.8 Å². The van der Waals surface area contributed by atoms with Crippen molar-refractivity contribution in [2.75, 3.05) is 4.90 Å². The van der Waals surface area contributed by atoms with Gasteiger partial charge < -0.3 is 14.4 Å². The highest BCUT2D eigenvalue weighted by Crippen LogP contribution is 2.48. The van der Waals surface area contributed by atoms with Gasteiger partial charge in [-0.1, -0.05) is 64.1 Å². The van der Waals surface area contributed by atoms with E-state index < -0.39 is 0 Å². The summed E-state index contributed by atoms with van der Waals surface area (Å²) in [6.07, 6.45) is 0. The molecule has 0 aliphatic carbocycles. The minimum absolute atomic E-state index is 0.107. The van der Waals surface area contributed by atoms with Crippen LogP contribution in [0.1, 0.15) is 49.9 Å². The summed E-state index contributed by atoms with van der Waals surface area (Å²) in [5, 5.41) is 0. The Balaban J connectivity index is 0.000000637. The SMILES string of the molecule is CC.CC.Cc1cc(C)c2c3c1Oc1cccc4c1B3c1c(c(C)cc(C)c1N2c1ccccc1)O4. The van der Waals surface area contributed by atoms with Crippen LogP contribution in [0, 0.1) is 27.7 Å². The Labute approximate surface area is 215 Å². The van der Waals surface area contributed by atoms with E-state index in [1.54, 1.807) is 0 Å². The summed E-state index contributed by atoms with van der Waals surface area (Å²) in [7, 11) is 0. The average Bonchev–Trinajstić information content (AvgIpc) is 2.91. The van der Waals surface area contributed by atoms with Crippen molar-refractivity contribution in [3.8, 4) is 23.0 Å². The molecule has 0 spiro atoms. The Morgan fingerprint density at radius 2 is 1.03 bits per heavy atom. The number of para-hydroxylation sites is 1. The van der Waals surface area contributed by atoms with Gasteiger partial charge in [0.2, 0.25) is 0 Å². The molecule has 36 heavy (non-hydrogen) atoms. The zero-order valence-corrected chi connectivity index (χ0v) is 22.6. The summed E-state index contributed by atoms with van der Waals surface area (Å²) in [5.41, 5.74) is 12.1. The number of aryl methyl sites for hydroxylation is 4. The van der Waals surface area contributed by atoms with E-state index in [1.165, 1.54) is 44.6 Å². The van der Waals surface area contributed by atoms with Crippen LogP contribution in [0.3, 0.4) is 0 Å². The molecule has 0 bridgehead atoms. The van der Waals surface area contributed by atoms with Crippen molar-refractivity contribution < 1.29 is 9.47 Å². The van der Waals surface area contributed by atoms with Crippen molar-refractivity contribution in [2.24, 2.45) is 0 Å². The number of hydrogen-bond acceptors (Lipinski definition) is 3. The van der Waals surface area contributed by atoms with E-state index >= 15 is 0 Å². The van der Waals surface area contributed by atoms with E-state index in [0.29, 0.717) is 0 Å². The van der Waals surface area contributed by atoms with Gasteiger partial charge in [-0.15, -0.1) is 0 Å². The lowest BCUT2D eigenvalue weighted by Crippen LogP contribution is -2.62. The molecule has 0 fully saturated rings. The third-order valence-corrected chi connectivity index (χ3v) is 7.11. The number of benzene rings is 4. The van der Waals surface area contributed by atoms with Gasteiger partial charge >= 0.3 is 0 Å². The fraction of sp³-hybridized carbons (Fsp3) is 0.250. The van der Waals surface area contributed by atoms with E-state index in [-0.39, 0.29) is 6.71 Å². The molecule has 0 saturated heterocycles. The third-order valence-electron chi connectivity index (χ3n) is 7.11. The van der Waals surface area contributed by atoms with E-state index in [0.717, 1.165) is 34.1 Å². The fourth-order valence-electron chi connectivity index (χ4n) is 5.97. The van der Waals surface area contributed by atoms with Gasteiger partial charge in [-0.2, -0.15) is 0 Å². The highest BCUT2D eigenvalue weighted by atomic mass is 16.5. The number of hydrogen-bond donors (Lipinski definition) is 0. The Bertz CT molecular complexity index is 1390. The van der Waals surface area contributed by atoms with Gasteiger partial charge in [0, 0.05) is 22.5 Å². The molecule has 0 N–H and O–H groups in total. The molecule has 3 heterocycles. The van der Waals surface area contributed by atoms with Crippen LogP contribution >= 0.6 is 0 Å². The summed E-state index contributed by atoms with van der Waals surface area (Å²) in [6, 6.07) is 21.3. The Morgan fingerprint density at radius 3 is 1.50 bits per heavy atom. The standard InChI is InChI=1S/C28H22BNO2.2C2H6/c1-15-13-17(3)27-23-25(15)30(19-9-6-5-7-10-19)26-16(2)14-18(4)28-24(26)29(23)22-20(31-27)11-8-12-21(22)32-28;2*1-2/h5-14H,1-4H3;2*1-2H3. The zero-order chi connectivity index (χ0) is 25.7. The normalized spacial score (nSPS) is 12.8. The summed E-state index contributed by atoms with van der Waals surface area (Å²) < 4.78 is 13.1. The maximum atomic E-state index is 6.57. The van der Waals surface area contributed by atoms with Crippen LogP contribution in [0.5, 0.6) is 23.0 Å². The molecule has 0 atom stereocenters. The van der Waals surface area contributed by atoms with Crippen LogP contribution in [0.15, 0.2) is 60.7 Å². The number of ether oxygens (including phenoxy) is 2. The molecular formula is C32H34BNO2. The van der Waals surface area contributed by atoms with Gasteiger partial charge in [-0.05, 0) is 85.1 Å². The summed E-state index contributed by atoms with van der Waals surface area (Å²) in [5.74, 6) is 3.78. The minimum Gasteiger partial charge on any atom is -0.458 e. The predicted molar refractivity (Wildman–Crippen MR) is 154 cm³/mol. The average molecular weight is 475 g/mol. The quantitative estimate of drug-likeness (QED) is 0.230. The molecule has 3 aliphatic rings.